The van der Waals surface area contributed by atoms with E-state index < -0.39 is 17.9 Å². The summed E-state index contributed by atoms with van der Waals surface area (Å²) in [4.78, 5) is 22.9. The Morgan fingerprint density at radius 1 is 1.40 bits per heavy atom. The molecule has 1 unspecified atom stereocenters. The minimum absolute atomic E-state index is 0.115. The van der Waals surface area contributed by atoms with Crippen LogP contribution in [0.5, 0.6) is 0 Å². The van der Waals surface area contributed by atoms with Crippen LogP contribution in [0.3, 0.4) is 0 Å². The zero-order chi connectivity index (χ0) is 15.5. The number of unbranched alkanes of at least 4 members (excludes halogenated alkanes) is 1. The molecule has 1 amide bonds. The molecule has 0 aliphatic heterocycles. The van der Waals surface area contributed by atoms with Crippen molar-refractivity contribution in [3.8, 4) is 6.07 Å². The molecule has 0 saturated carbocycles. The van der Waals surface area contributed by atoms with Gasteiger partial charge in [-0.15, -0.1) is 0 Å². The van der Waals surface area contributed by atoms with Gasteiger partial charge in [-0.3, -0.25) is 4.79 Å². The van der Waals surface area contributed by atoms with E-state index in [2.05, 4.69) is 10.6 Å². The summed E-state index contributed by atoms with van der Waals surface area (Å²) in [6, 6.07) is 0.793. The Bertz CT molecular complexity index is 397. The van der Waals surface area contributed by atoms with E-state index in [0.717, 1.165) is 12.8 Å². The van der Waals surface area contributed by atoms with Gasteiger partial charge < -0.3 is 15.7 Å². The van der Waals surface area contributed by atoms with Gasteiger partial charge in [0.2, 0.25) is 0 Å². The van der Waals surface area contributed by atoms with Crippen molar-refractivity contribution in [3.05, 3.63) is 11.8 Å². The molecule has 0 radical (unpaired) electrons. The number of carbonyl (C=O) groups is 2. The summed E-state index contributed by atoms with van der Waals surface area (Å²) in [5.74, 6) is -1.62. The highest BCUT2D eigenvalue weighted by atomic mass is 16.4. The van der Waals surface area contributed by atoms with E-state index in [4.69, 9.17) is 10.4 Å². The number of carboxylic acid groups (broad SMARTS) is 1. The third-order valence-electron chi connectivity index (χ3n) is 2.60. The van der Waals surface area contributed by atoms with Gasteiger partial charge in [0.25, 0.3) is 5.91 Å². The Labute approximate surface area is 119 Å². The van der Waals surface area contributed by atoms with Crippen LogP contribution in [-0.2, 0) is 9.59 Å². The van der Waals surface area contributed by atoms with Crippen LogP contribution in [-0.4, -0.2) is 29.6 Å². The first-order chi connectivity index (χ1) is 9.42. The Morgan fingerprint density at radius 2 is 2.05 bits per heavy atom. The van der Waals surface area contributed by atoms with Gasteiger partial charge in [0.05, 0.1) is 0 Å². The molecule has 0 spiro atoms. The highest BCUT2D eigenvalue weighted by Gasteiger charge is 2.22. The van der Waals surface area contributed by atoms with Gasteiger partial charge in [-0.05, 0) is 18.8 Å². The molecule has 20 heavy (non-hydrogen) atoms. The van der Waals surface area contributed by atoms with Gasteiger partial charge in [0.1, 0.15) is 17.7 Å². The second-order valence-electron chi connectivity index (χ2n) is 4.97. The van der Waals surface area contributed by atoms with E-state index in [0.29, 0.717) is 13.0 Å². The lowest BCUT2D eigenvalue weighted by Crippen LogP contribution is -2.42. The third-order valence-corrected chi connectivity index (χ3v) is 2.60. The van der Waals surface area contributed by atoms with E-state index in [1.165, 1.54) is 6.20 Å². The van der Waals surface area contributed by atoms with E-state index in [9.17, 15) is 9.59 Å². The maximum atomic E-state index is 11.8. The fraction of sp³-hybridized carbons (Fsp3) is 0.643. The number of amides is 1. The van der Waals surface area contributed by atoms with Gasteiger partial charge in [-0.1, -0.05) is 27.2 Å². The Hall–Kier alpha value is -2.03. The highest BCUT2D eigenvalue weighted by Crippen LogP contribution is 2.06. The summed E-state index contributed by atoms with van der Waals surface area (Å²) >= 11 is 0. The van der Waals surface area contributed by atoms with Crippen molar-refractivity contribution < 1.29 is 14.7 Å². The van der Waals surface area contributed by atoms with Crippen molar-refractivity contribution >= 4 is 11.9 Å². The lowest BCUT2D eigenvalue weighted by molar-refractivity contribution is -0.141. The second kappa shape index (κ2) is 9.84. The molecule has 0 aliphatic rings. The number of nitriles is 1. The molecular formula is C14H23N3O3. The molecular weight excluding hydrogens is 258 g/mol. The van der Waals surface area contributed by atoms with E-state index in [1.807, 2.05) is 20.8 Å². The van der Waals surface area contributed by atoms with Crippen molar-refractivity contribution in [2.24, 2.45) is 5.92 Å². The molecule has 112 valence electrons. The zero-order valence-electron chi connectivity index (χ0n) is 12.3. The standard InChI is InChI=1S/C14H23N3O3/c1-4-5-6-16-9-11(8-15)13(18)17-12(14(19)20)7-10(2)3/h9-10,12,16H,4-7H2,1-3H3,(H,17,18)(H,19,20)/b11-9-. The van der Waals surface area contributed by atoms with Crippen LogP contribution < -0.4 is 10.6 Å². The number of aliphatic carboxylic acids is 1. The Balaban J connectivity index is 4.59. The molecule has 0 bridgehead atoms. The summed E-state index contributed by atoms with van der Waals surface area (Å²) in [6.07, 6.45) is 3.59. The molecule has 1 atom stereocenters. The minimum Gasteiger partial charge on any atom is -0.480 e. The van der Waals surface area contributed by atoms with Crippen molar-refractivity contribution in [2.45, 2.75) is 46.1 Å². The number of rotatable bonds is 9. The highest BCUT2D eigenvalue weighted by molar-refractivity contribution is 5.99. The van der Waals surface area contributed by atoms with Crippen molar-refractivity contribution in [1.29, 1.82) is 5.26 Å². The lowest BCUT2D eigenvalue weighted by Gasteiger charge is -2.16. The Morgan fingerprint density at radius 3 is 2.50 bits per heavy atom. The largest absolute Gasteiger partial charge is 0.480 e. The maximum Gasteiger partial charge on any atom is 0.326 e. The van der Waals surface area contributed by atoms with Gasteiger partial charge in [0.15, 0.2) is 0 Å². The topological polar surface area (TPSA) is 102 Å². The molecule has 0 aliphatic carbocycles. The molecule has 0 aromatic rings. The number of carbonyl (C=O) groups excluding carboxylic acids is 1. The summed E-state index contributed by atoms with van der Waals surface area (Å²) in [7, 11) is 0. The maximum absolute atomic E-state index is 11.8. The summed E-state index contributed by atoms with van der Waals surface area (Å²) in [5.41, 5.74) is -0.115. The number of hydrogen-bond donors (Lipinski definition) is 3. The normalized spacial score (nSPS) is 12.7. The monoisotopic (exact) mass is 281 g/mol. The van der Waals surface area contributed by atoms with Crippen LogP contribution in [0, 0.1) is 17.2 Å². The number of hydrogen-bond acceptors (Lipinski definition) is 4. The quantitative estimate of drug-likeness (QED) is 0.337. The van der Waals surface area contributed by atoms with E-state index >= 15 is 0 Å². The fourth-order valence-corrected chi connectivity index (χ4v) is 1.53. The van der Waals surface area contributed by atoms with Crippen LogP contribution in [0.25, 0.3) is 0 Å². The van der Waals surface area contributed by atoms with Gasteiger partial charge in [0, 0.05) is 12.7 Å². The lowest BCUT2D eigenvalue weighted by atomic mass is 10.0. The average Bonchev–Trinajstić information content (AvgIpc) is 2.37. The second-order valence-corrected chi connectivity index (χ2v) is 4.97. The molecule has 6 heteroatoms. The number of nitrogens with zero attached hydrogens (tertiary/aromatic N) is 1. The van der Waals surface area contributed by atoms with Gasteiger partial charge in [-0.25, -0.2) is 4.79 Å². The SMILES string of the molecule is CCCCN/C=C(/C#N)C(=O)NC(CC(C)C)C(=O)O. The smallest absolute Gasteiger partial charge is 0.326 e. The van der Waals surface area contributed by atoms with Gasteiger partial charge >= 0.3 is 5.97 Å². The predicted octanol–water partition coefficient (Wildman–Crippen LogP) is 1.40. The van der Waals surface area contributed by atoms with Crippen molar-refractivity contribution in [1.82, 2.24) is 10.6 Å². The minimum atomic E-state index is -1.09. The van der Waals surface area contributed by atoms with Crippen LogP contribution >= 0.6 is 0 Å². The molecule has 6 nitrogen and oxygen atoms in total. The predicted molar refractivity (Wildman–Crippen MR) is 75.6 cm³/mol. The van der Waals surface area contributed by atoms with Crippen LogP contribution in [0.4, 0.5) is 0 Å². The van der Waals surface area contributed by atoms with Crippen molar-refractivity contribution in [3.63, 3.8) is 0 Å². The number of carboxylic acids is 1. The fourth-order valence-electron chi connectivity index (χ4n) is 1.53. The molecule has 3 N–H and O–H groups in total. The van der Waals surface area contributed by atoms with Crippen LogP contribution in [0.2, 0.25) is 0 Å². The van der Waals surface area contributed by atoms with Crippen LogP contribution in [0.1, 0.15) is 40.0 Å². The molecule has 0 heterocycles. The van der Waals surface area contributed by atoms with Crippen LogP contribution in [0.15, 0.2) is 11.8 Å². The molecule has 0 rings (SSSR count). The van der Waals surface area contributed by atoms with E-state index in [1.54, 1.807) is 6.07 Å². The summed E-state index contributed by atoms with van der Waals surface area (Å²) < 4.78 is 0. The first kappa shape index (κ1) is 18.0. The average molecular weight is 281 g/mol. The zero-order valence-corrected chi connectivity index (χ0v) is 12.3. The first-order valence-corrected chi connectivity index (χ1v) is 6.79. The van der Waals surface area contributed by atoms with E-state index in [-0.39, 0.29) is 11.5 Å². The Kier molecular flexibility index (Phi) is 8.84. The molecule has 0 fully saturated rings. The number of nitrogens with one attached hydrogen (secondary N) is 2. The third kappa shape index (κ3) is 7.41. The van der Waals surface area contributed by atoms with Crippen molar-refractivity contribution in [2.75, 3.05) is 6.54 Å². The molecule has 0 aromatic heterocycles. The first-order valence-electron chi connectivity index (χ1n) is 6.79. The molecule has 0 saturated heterocycles. The van der Waals surface area contributed by atoms with Gasteiger partial charge in [-0.2, -0.15) is 5.26 Å². The molecule has 0 aromatic carbocycles. The summed E-state index contributed by atoms with van der Waals surface area (Å²) in [6.45, 7) is 6.45. The summed E-state index contributed by atoms with van der Waals surface area (Å²) in [5, 5.41) is 23.2.